The van der Waals surface area contributed by atoms with Crippen molar-refractivity contribution in [3.63, 3.8) is 0 Å². The van der Waals surface area contributed by atoms with E-state index in [1.54, 1.807) is 0 Å². The Labute approximate surface area is 107 Å². The van der Waals surface area contributed by atoms with Crippen LogP contribution in [0.3, 0.4) is 0 Å². The Hall–Kier alpha value is -0.340. The lowest BCUT2D eigenvalue weighted by Gasteiger charge is -2.23. The van der Waals surface area contributed by atoms with Crippen molar-refractivity contribution in [3.8, 4) is 0 Å². The maximum Gasteiger partial charge on any atom is 0.0305 e. The molecule has 0 aliphatic heterocycles. The number of hydrogen-bond donors (Lipinski definition) is 1. The molecule has 0 bridgehead atoms. The Morgan fingerprint density at radius 3 is 2.62 bits per heavy atom. The molecule has 1 aromatic carbocycles. The lowest BCUT2D eigenvalue weighted by atomic mass is 10.0. The lowest BCUT2D eigenvalue weighted by Crippen LogP contribution is -2.32. The monoisotopic (exact) mass is 281 g/mol. The van der Waals surface area contributed by atoms with Crippen molar-refractivity contribution in [1.82, 2.24) is 5.32 Å². The van der Waals surface area contributed by atoms with Crippen molar-refractivity contribution in [3.05, 3.63) is 34.3 Å². The molecule has 1 nitrogen and oxygen atoms in total. The molecule has 1 N–H and O–H groups in total. The minimum atomic E-state index is 0.432. The van der Waals surface area contributed by atoms with Gasteiger partial charge in [0, 0.05) is 16.6 Å². The first-order valence-corrected chi connectivity index (χ1v) is 7.02. The molecule has 1 fully saturated rings. The fourth-order valence-corrected chi connectivity index (χ4v) is 2.95. The number of halogens is 1. The lowest BCUT2D eigenvalue weighted by molar-refractivity contribution is 0.404. The second-order valence-corrected chi connectivity index (χ2v) is 5.62. The van der Waals surface area contributed by atoms with Crippen molar-refractivity contribution < 1.29 is 0 Å². The minimum absolute atomic E-state index is 0.432. The van der Waals surface area contributed by atoms with Crippen molar-refractivity contribution in [2.24, 2.45) is 5.92 Å². The average Bonchev–Trinajstić information content (AvgIpc) is 3.10. The molecule has 1 aliphatic carbocycles. The Bertz CT molecular complexity index is 346. The van der Waals surface area contributed by atoms with Gasteiger partial charge in [-0.3, -0.25) is 0 Å². The number of rotatable bonds is 5. The molecular formula is C14H20BrN. The van der Waals surface area contributed by atoms with E-state index < -0.39 is 0 Å². The Kier molecular flexibility index (Phi) is 4.04. The van der Waals surface area contributed by atoms with Crippen LogP contribution in [0.1, 0.15) is 44.7 Å². The highest BCUT2D eigenvalue weighted by atomic mass is 79.9. The largest absolute Gasteiger partial charge is 0.307 e. The molecule has 0 saturated heterocycles. The Balaban J connectivity index is 2.01. The van der Waals surface area contributed by atoms with Gasteiger partial charge in [0.25, 0.3) is 0 Å². The van der Waals surface area contributed by atoms with E-state index >= 15 is 0 Å². The predicted octanol–water partition coefficient (Wildman–Crippen LogP) is 4.29. The van der Waals surface area contributed by atoms with Gasteiger partial charge in [-0.25, -0.2) is 0 Å². The molecule has 1 aliphatic rings. The van der Waals surface area contributed by atoms with Crippen molar-refractivity contribution in [2.75, 3.05) is 0 Å². The van der Waals surface area contributed by atoms with E-state index in [2.05, 4.69) is 59.4 Å². The standard InChI is InChI=1S/C14H20BrN/c1-3-14(11-8-9-11)16-10(2)12-6-4-5-7-13(12)15/h4-7,10-11,14,16H,3,8-9H2,1-2H3/t10-,14?/m0/s1. The second-order valence-electron chi connectivity index (χ2n) is 4.76. The molecule has 0 amide bonds. The van der Waals surface area contributed by atoms with Gasteiger partial charge in [0.05, 0.1) is 0 Å². The minimum Gasteiger partial charge on any atom is -0.307 e. The van der Waals surface area contributed by atoms with Crippen LogP contribution in [0.5, 0.6) is 0 Å². The smallest absolute Gasteiger partial charge is 0.0305 e. The van der Waals surface area contributed by atoms with Crippen LogP contribution in [0.2, 0.25) is 0 Å². The summed E-state index contributed by atoms with van der Waals surface area (Å²) < 4.78 is 1.21. The van der Waals surface area contributed by atoms with Crippen LogP contribution in [0, 0.1) is 5.92 Å². The quantitative estimate of drug-likeness (QED) is 0.849. The van der Waals surface area contributed by atoms with E-state index in [1.165, 1.54) is 29.3 Å². The zero-order valence-electron chi connectivity index (χ0n) is 10.0. The Morgan fingerprint density at radius 1 is 1.38 bits per heavy atom. The summed E-state index contributed by atoms with van der Waals surface area (Å²) in [7, 11) is 0. The third kappa shape index (κ3) is 2.86. The summed E-state index contributed by atoms with van der Waals surface area (Å²) in [6.45, 7) is 4.54. The summed E-state index contributed by atoms with van der Waals surface area (Å²) >= 11 is 3.62. The number of nitrogens with one attached hydrogen (secondary N) is 1. The van der Waals surface area contributed by atoms with Gasteiger partial charge in [0.1, 0.15) is 0 Å². The topological polar surface area (TPSA) is 12.0 Å². The first kappa shape index (κ1) is 12.1. The maximum absolute atomic E-state index is 3.76. The van der Waals surface area contributed by atoms with Crippen molar-refractivity contribution in [2.45, 2.75) is 45.2 Å². The molecule has 0 radical (unpaired) electrons. The second kappa shape index (κ2) is 5.33. The highest BCUT2D eigenvalue weighted by Gasteiger charge is 2.30. The molecule has 1 aromatic rings. The normalized spacial score (nSPS) is 19.4. The highest BCUT2D eigenvalue weighted by Crippen LogP contribution is 2.35. The molecule has 1 unspecified atom stereocenters. The van der Waals surface area contributed by atoms with E-state index in [-0.39, 0.29) is 0 Å². The van der Waals surface area contributed by atoms with Crippen LogP contribution in [0.4, 0.5) is 0 Å². The predicted molar refractivity (Wildman–Crippen MR) is 72.5 cm³/mol. The molecular weight excluding hydrogens is 262 g/mol. The van der Waals surface area contributed by atoms with Crippen molar-refractivity contribution in [1.29, 1.82) is 0 Å². The first-order valence-electron chi connectivity index (χ1n) is 6.22. The molecule has 2 heteroatoms. The summed E-state index contributed by atoms with van der Waals surface area (Å²) in [6.07, 6.45) is 4.06. The maximum atomic E-state index is 3.76. The molecule has 0 spiro atoms. The van der Waals surface area contributed by atoms with Gasteiger partial charge in [-0.1, -0.05) is 41.1 Å². The molecule has 88 valence electrons. The summed E-state index contributed by atoms with van der Waals surface area (Å²) in [5, 5.41) is 3.76. The summed E-state index contributed by atoms with van der Waals surface area (Å²) in [6, 6.07) is 9.62. The van der Waals surface area contributed by atoms with Gasteiger partial charge >= 0.3 is 0 Å². The third-order valence-corrected chi connectivity index (χ3v) is 4.19. The zero-order valence-corrected chi connectivity index (χ0v) is 11.6. The fourth-order valence-electron chi connectivity index (χ4n) is 2.32. The van der Waals surface area contributed by atoms with E-state index in [9.17, 15) is 0 Å². The van der Waals surface area contributed by atoms with Gasteiger partial charge in [0.2, 0.25) is 0 Å². The molecule has 1 saturated carbocycles. The summed E-state index contributed by atoms with van der Waals surface area (Å²) in [5.41, 5.74) is 1.36. The molecule has 2 rings (SSSR count). The van der Waals surface area contributed by atoms with E-state index in [1.807, 2.05) is 0 Å². The molecule has 0 aromatic heterocycles. The first-order chi connectivity index (χ1) is 7.72. The van der Waals surface area contributed by atoms with Crippen LogP contribution in [0.25, 0.3) is 0 Å². The number of hydrogen-bond acceptors (Lipinski definition) is 1. The average molecular weight is 282 g/mol. The number of benzene rings is 1. The fraction of sp³-hybridized carbons (Fsp3) is 0.571. The van der Waals surface area contributed by atoms with Gasteiger partial charge in [0.15, 0.2) is 0 Å². The summed E-state index contributed by atoms with van der Waals surface area (Å²) in [5.74, 6) is 0.926. The van der Waals surface area contributed by atoms with E-state index in [0.29, 0.717) is 12.1 Å². The summed E-state index contributed by atoms with van der Waals surface area (Å²) in [4.78, 5) is 0. The molecule has 16 heavy (non-hydrogen) atoms. The van der Waals surface area contributed by atoms with E-state index in [4.69, 9.17) is 0 Å². The molecule has 0 heterocycles. The van der Waals surface area contributed by atoms with Gasteiger partial charge in [-0.15, -0.1) is 0 Å². The van der Waals surface area contributed by atoms with Crippen LogP contribution in [0.15, 0.2) is 28.7 Å². The SMILES string of the molecule is CCC(N[C@@H](C)c1ccccc1Br)C1CC1. The van der Waals surface area contributed by atoms with Crippen molar-refractivity contribution >= 4 is 15.9 Å². The van der Waals surface area contributed by atoms with Gasteiger partial charge in [-0.05, 0) is 43.7 Å². The highest BCUT2D eigenvalue weighted by molar-refractivity contribution is 9.10. The van der Waals surface area contributed by atoms with E-state index in [0.717, 1.165) is 5.92 Å². The Morgan fingerprint density at radius 2 is 2.06 bits per heavy atom. The van der Waals surface area contributed by atoms with Crippen LogP contribution < -0.4 is 5.32 Å². The van der Waals surface area contributed by atoms with Crippen LogP contribution >= 0.6 is 15.9 Å². The molecule has 2 atom stereocenters. The van der Waals surface area contributed by atoms with Crippen LogP contribution in [-0.4, -0.2) is 6.04 Å². The van der Waals surface area contributed by atoms with Gasteiger partial charge in [-0.2, -0.15) is 0 Å². The van der Waals surface area contributed by atoms with Crippen LogP contribution in [-0.2, 0) is 0 Å². The van der Waals surface area contributed by atoms with Gasteiger partial charge < -0.3 is 5.32 Å². The third-order valence-electron chi connectivity index (χ3n) is 3.47. The zero-order chi connectivity index (χ0) is 11.5.